The maximum Gasteiger partial charge on any atom is 0.419 e. The molecule has 0 amide bonds. The fraction of sp³-hybridized carbons (Fsp3) is 0.389. The standard InChI is InChI=1S/C18H15F4IO4/c19-13-5-4-9(6-12(13)18(20,21)22)8-26-10-2-1-3-11(7-10)27-16-14(15(16)23)17(24)25/h2,4-7,14-16H,1,3,8H2,(H,24,25)/t14-,15-,16+/m1/s1. The lowest BCUT2D eigenvalue weighted by Gasteiger charge is -2.16. The van der Waals surface area contributed by atoms with Gasteiger partial charge >= 0.3 is 12.1 Å². The van der Waals surface area contributed by atoms with Crippen LogP contribution in [0.3, 0.4) is 0 Å². The first-order valence-electron chi connectivity index (χ1n) is 8.09. The van der Waals surface area contributed by atoms with Crippen molar-refractivity contribution in [3.05, 3.63) is 58.8 Å². The van der Waals surface area contributed by atoms with Crippen LogP contribution >= 0.6 is 22.6 Å². The monoisotopic (exact) mass is 498 g/mol. The van der Waals surface area contributed by atoms with Crippen LogP contribution in [0.1, 0.15) is 24.0 Å². The number of hydrogen-bond donors (Lipinski definition) is 1. The third-order valence-electron chi connectivity index (χ3n) is 4.22. The average molecular weight is 498 g/mol. The lowest BCUT2D eigenvalue weighted by Crippen LogP contribution is -2.09. The Bertz CT molecular complexity index is 803. The van der Waals surface area contributed by atoms with E-state index in [2.05, 4.69) is 0 Å². The molecule has 9 heteroatoms. The van der Waals surface area contributed by atoms with Crippen molar-refractivity contribution in [2.45, 2.75) is 35.7 Å². The number of ether oxygens (including phenoxy) is 2. The van der Waals surface area contributed by atoms with Crippen LogP contribution in [0.15, 0.2) is 41.9 Å². The van der Waals surface area contributed by atoms with Gasteiger partial charge < -0.3 is 14.6 Å². The van der Waals surface area contributed by atoms with E-state index in [1.54, 1.807) is 12.2 Å². The first-order chi connectivity index (χ1) is 12.7. The fourth-order valence-electron chi connectivity index (χ4n) is 2.72. The van der Waals surface area contributed by atoms with E-state index in [0.29, 0.717) is 24.4 Å². The highest BCUT2D eigenvalue weighted by Crippen LogP contribution is 2.44. The molecule has 0 radical (unpaired) electrons. The van der Waals surface area contributed by atoms with E-state index in [4.69, 9.17) is 14.6 Å². The van der Waals surface area contributed by atoms with Crippen molar-refractivity contribution in [3.63, 3.8) is 0 Å². The predicted molar refractivity (Wildman–Crippen MR) is 95.4 cm³/mol. The van der Waals surface area contributed by atoms with Gasteiger partial charge in [-0.2, -0.15) is 13.2 Å². The molecule has 27 heavy (non-hydrogen) atoms. The fourth-order valence-corrected chi connectivity index (χ4v) is 3.80. The van der Waals surface area contributed by atoms with E-state index < -0.39 is 29.4 Å². The summed E-state index contributed by atoms with van der Waals surface area (Å²) < 4.78 is 62.7. The summed E-state index contributed by atoms with van der Waals surface area (Å²) in [6.07, 6.45) is -0.586. The SMILES string of the molecule is O=C(O)[C@@H]1[C@@H](I)[C@H]1OC1=CC(OCc2ccc(F)c(C(F)(F)F)c2)=CCC1. The molecule has 1 fully saturated rings. The highest BCUT2D eigenvalue weighted by molar-refractivity contribution is 14.1. The van der Waals surface area contributed by atoms with Crippen molar-refractivity contribution in [3.8, 4) is 0 Å². The zero-order valence-corrected chi connectivity index (χ0v) is 16.0. The molecule has 0 spiro atoms. The molecule has 0 heterocycles. The van der Waals surface area contributed by atoms with Crippen LogP contribution in [0.5, 0.6) is 0 Å². The van der Waals surface area contributed by atoms with Crippen LogP contribution in [0.2, 0.25) is 0 Å². The van der Waals surface area contributed by atoms with Gasteiger partial charge in [-0.05, 0) is 30.2 Å². The largest absolute Gasteiger partial charge is 0.493 e. The number of alkyl halides is 4. The Morgan fingerprint density at radius 2 is 2.07 bits per heavy atom. The Labute approximate surface area is 166 Å². The van der Waals surface area contributed by atoms with Gasteiger partial charge in [-0.15, -0.1) is 0 Å². The number of benzene rings is 1. The van der Waals surface area contributed by atoms with Gasteiger partial charge in [0.2, 0.25) is 0 Å². The maximum absolute atomic E-state index is 13.3. The number of carboxylic acids is 1. The van der Waals surface area contributed by atoms with Gasteiger partial charge in [0.1, 0.15) is 36.0 Å². The van der Waals surface area contributed by atoms with E-state index in [-0.39, 0.29) is 22.2 Å². The van der Waals surface area contributed by atoms with Crippen molar-refractivity contribution in [2.75, 3.05) is 0 Å². The molecule has 0 unspecified atom stereocenters. The van der Waals surface area contributed by atoms with Crippen LogP contribution in [0.25, 0.3) is 0 Å². The molecule has 3 rings (SSSR count). The van der Waals surface area contributed by atoms with Crippen LogP contribution in [0.4, 0.5) is 17.6 Å². The molecule has 0 aliphatic heterocycles. The summed E-state index contributed by atoms with van der Waals surface area (Å²) in [6.45, 7) is -0.158. The zero-order chi connectivity index (χ0) is 19.8. The lowest BCUT2D eigenvalue weighted by molar-refractivity contribution is -0.140. The Morgan fingerprint density at radius 1 is 1.33 bits per heavy atom. The number of rotatable bonds is 6. The Balaban J connectivity index is 1.61. The van der Waals surface area contributed by atoms with Gasteiger partial charge in [0, 0.05) is 12.5 Å². The lowest BCUT2D eigenvalue weighted by atomic mass is 10.1. The minimum absolute atomic E-state index is 0.101. The van der Waals surface area contributed by atoms with E-state index in [1.807, 2.05) is 22.6 Å². The third kappa shape index (κ3) is 4.74. The summed E-state index contributed by atoms with van der Waals surface area (Å²) in [4.78, 5) is 11.0. The molecule has 3 atom stereocenters. The van der Waals surface area contributed by atoms with Crippen molar-refractivity contribution < 1.29 is 36.9 Å². The van der Waals surface area contributed by atoms with E-state index >= 15 is 0 Å². The first kappa shape index (κ1) is 20.0. The summed E-state index contributed by atoms with van der Waals surface area (Å²) in [7, 11) is 0. The van der Waals surface area contributed by atoms with E-state index in [0.717, 1.165) is 12.1 Å². The second kappa shape index (κ2) is 7.69. The molecule has 1 aromatic rings. The number of halogens is 5. The van der Waals surface area contributed by atoms with Gasteiger partial charge in [-0.25, -0.2) is 4.39 Å². The highest BCUT2D eigenvalue weighted by atomic mass is 127. The molecule has 2 aliphatic rings. The minimum atomic E-state index is -4.77. The predicted octanol–water partition coefficient (Wildman–Crippen LogP) is 4.83. The average Bonchev–Trinajstić information content (AvgIpc) is 3.23. The van der Waals surface area contributed by atoms with Crippen molar-refractivity contribution in [1.82, 2.24) is 0 Å². The van der Waals surface area contributed by atoms with Crippen molar-refractivity contribution in [2.24, 2.45) is 5.92 Å². The molecule has 0 saturated heterocycles. The second-order valence-corrected chi connectivity index (χ2v) is 7.69. The molecule has 1 N–H and O–H groups in total. The normalized spacial score (nSPS) is 24.7. The number of carboxylic acid groups (broad SMARTS) is 1. The van der Waals surface area contributed by atoms with E-state index in [9.17, 15) is 22.4 Å². The van der Waals surface area contributed by atoms with Crippen LogP contribution < -0.4 is 0 Å². The maximum atomic E-state index is 13.3. The van der Waals surface area contributed by atoms with Crippen molar-refractivity contribution in [1.29, 1.82) is 0 Å². The summed E-state index contributed by atoms with van der Waals surface area (Å²) >= 11 is 2.03. The van der Waals surface area contributed by atoms with Gasteiger partial charge in [0.05, 0.1) is 9.49 Å². The summed E-state index contributed by atoms with van der Waals surface area (Å²) in [6, 6.07) is 2.72. The molecule has 4 nitrogen and oxygen atoms in total. The van der Waals surface area contributed by atoms with E-state index in [1.165, 1.54) is 6.07 Å². The molecule has 0 aromatic heterocycles. The Kier molecular flexibility index (Phi) is 5.68. The molecule has 1 saturated carbocycles. The summed E-state index contributed by atoms with van der Waals surface area (Å²) in [5, 5.41) is 9.04. The zero-order valence-electron chi connectivity index (χ0n) is 13.8. The summed E-state index contributed by atoms with van der Waals surface area (Å²) in [5.74, 6) is -1.77. The Hall–Kier alpha value is -1.78. The Morgan fingerprint density at radius 3 is 2.70 bits per heavy atom. The first-order valence-corrected chi connectivity index (χ1v) is 9.34. The van der Waals surface area contributed by atoms with Gasteiger partial charge in [0.25, 0.3) is 0 Å². The van der Waals surface area contributed by atoms with Crippen LogP contribution in [0, 0.1) is 11.7 Å². The second-order valence-electron chi connectivity index (χ2n) is 6.25. The van der Waals surface area contributed by atoms with Gasteiger partial charge in [0.15, 0.2) is 0 Å². The van der Waals surface area contributed by atoms with Gasteiger partial charge in [-0.1, -0.05) is 28.7 Å². The summed E-state index contributed by atoms with van der Waals surface area (Å²) in [5.41, 5.74) is -1.14. The molecule has 2 aliphatic carbocycles. The highest BCUT2D eigenvalue weighted by Gasteiger charge is 2.56. The van der Waals surface area contributed by atoms with Gasteiger partial charge in [-0.3, -0.25) is 4.79 Å². The number of aliphatic carboxylic acids is 1. The molecule has 1 aromatic carbocycles. The number of hydrogen-bond acceptors (Lipinski definition) is 3. The molecular formula is C18H15F4IO4. The van der Waals surface area contributed by atoms with Crippen LogP contribution in [-0.4, -0.2) is 21.1 Å². The van der Waals surface area contributed by atoms with Crippen LogP contribution in [-0.2, 0) is 27.1 Å². The number of carbonyl (C=O) groups is 1. The molecule has 146 valence electrons. The smallest absolute Gasteiger partial charge is 0.419 e. The molecular weight excluding hydrogens is 483 g/mol. The minimum Gasteiger partial charge on any atom is -0.493 e. The molecule has 0 bridgehead atoms. The van der Waals surface area contributed by atoms with Crippen molar-refractivity contribution >= 4 is 28.6 Å². The quantitative estimate of drug-likeness (QED) is 0.347. The topological polar surface area (TPSA) is 55.8 Å². The number of allylic oxidation sites excluding steroid dienone is 3. The third-order valence-corrected chi connectivity index (χ3v) is 5.71.